The number of hydrogen-bond acceptors (Lipinski definition) is 5. The molecule has 0 bridgehead atoms. The average Bonchev–Trinajstić information content (AvgIpc) is 3.23. The number of rotatable bonds is 5. The van der Waals surface area contributed by atoms with Crippen molar-refractivity contribution in [2.45, 2.75) is 26.7 Å². The first kappa shape index (κ1) is 23.5. The molecule has 3 aromatic rings. The van der Waals surface area contributed by atoms with Gasteiger partial charge in [0.25, 0.3) is 0 Å². The van der Waals surface area contributed by atoms with Gasteiger partial charge in [0.1, 0.15) is 5.82 Å². The number of thiazole rings is 1. The van der Waals surface area contributed by atoms with E-state index < -0.39 is 15.9 Å². The van der Waals surface area contributed by atoms with Gasteiger partial charge < -0.3 is 0 Å². The van der Waals surface area contributed by atoms with Gasteiger partial charge in [0.05, 0.1) is 23.6 Å². The third-order valence-electron chi connectivity index (χ3n) is 5.71. The van der Waals surface area contributed by atoms with Crippen molar-refractivity contribution >= 4 is 38.1 Å². The van der Waals surface area contributed by atoms with Crippen LogP contribution in [0.15, 0.2) is 47.8 Å². The highest BCUT2D eigenvalue weighted by molar-refractivity contribution is 7.88. The van der Waals surface area contributed by atoms with Crippen molar-refractivity contribution in [2.24, 2.45) is 5.92 Å². The van der Waals surface area contributed by atoms with E-state index in [1.165, 1.54) is 34.0 Å². The van der Waals surface area contributed by atoms with Crippen LogP contribution in [0.1, 0.15) is 24.0 Å². The van der Waals surface area contributed by atoms with Crippen LogP contribution in [0.3, 0.4) is 0 Å². The van der Waals surface area contributed by atoms with E-state index in [4.69, 9.17) is 4.98 Å². The van der Waals surface area contributed by atoms with Crippen LogP contribution in [-0.2, 0) is 14.8 Å². The third-order valence-corrected chi connectivity index (χ3v) is 7.81. The summed E-state index contributed by atoms with van der Waals surface area (Å²) >= 11 is 1.33. The number of benzene rings is 2. The molecule has 1 aliphatic rings. The first-order valence-corrected chi connectivity index (χ1v) is 13.4. The van der Waals surface area contributed by atoms with Crippen LogP contribution >= 0.6 is 11.3 Å². The van der Waals surface area contributed by atoms with Crippen LogP contribution in [0, 0.1) is 25.6 Å². The van der Waals surface area contributed by atoms with Crippen molar-refractivity contribution in [3.8, 4) is 11.3 Å². The summed E-state index contributed by atoms with van der Waals surface area (Å²) in [6, 6.07) is 12.0. The fourth-order valence-corrected chi connectivity index (χ4v) is 5.93. The number of carbonyl (C=O) groups excluding carboxylic acids is 1. The molecular weight excluding hydrogens is 461 g/mol. The zero-order valence-electron chi connectivity index (χ0n) is 18.8. The zero-order chi connectivity index (χ0) is 23.8. The topological polar surface area (TPSA) is 70.6 Å². The van der Waals surface area contributed by atoms with Crippen LogP contribution in [-0.4, -0.2) is 43.0 Å². The second kappa shape index (κ2) is 9.32. The maximum absolute atomic E-state index is 13.8. The molecule has 2 aromatic carbocycles. The number of halogens is 1. The summed E-state index contributed by atoms with van der Waals surface area (Å²) in [6.07, 6.45) is 2.42. The number of piperidine rings is 1. The van der Waals surface area contributed by atoms with Gasteiger partial charge in [-0.25, -0.2) is 22.1 Å². The molecule has 1 saturated heterocycles. The Morgan fingerprint density at radius 1 is 1.15 bits per heavy atom. The lowest BCUT2D eigenvalue weighted by atomic mass is 9.97. The minimum Gasteiger partial charge on any atom is -0.274 e. The van der Waals surface area contributed by atoms with Gasteiger partial charge in [0.2, 0.25) is 15.9 Å². The smallest absolute Gasteiger partial charge is 0.237 e. The Hall–Kier alpha value is -2.62. The molecule has 1 aliphatic heterocycles. The molecule has 1 amide bonds. The van der Waals surface area contributed by atoms with Gasteiger partial charge in [-0.1, -0.05) is 6.07 Å². The molecular formula is C24H26FN3O3S2. The van der Waals surface area contributed by atoms with Gasteiger partial charge in [0, 0.05) is 24.0 Å². The number of aryl methyl sites for hydroxylation is 2. The van der Waals surface area contributed by atoms with Crippen LogP contribution in [0.2, 0.25) is 0 Å². The van der Waals surface area contributed by atoms with Gasteiger partial charge >= 0.3 is 0 Å². The highest BCUT2D eigenvalue weighted by atomic mass is 32.2. The van der Waals surface area contributed by atoms with Gasteiger partial charge in [-0.3, -0.25) is 9.69 Å². The van der Waals surface area contributed by atoms with Crippen molar-refractivity contribution < 1.29 is 17.6 Å². The monoisotopic (exact) mass is 487 g/mol. The SMILES string of the molecule is Cc1cc(C)cc(N(C(=O)C2CCCN(S(C)(=O)=O)C2)c2nc(-c3ccc(F)cc3)cs2)c1. The van der Waals surface area contributed by atoms with Crippen LogP contribution in [0.4, 0.5) is 15.2 Å². The number of anilines is 2. The van der Waals surface area contributed by atoms with E-state index >= 15 is 0 Å². The van der Waals surface area contributed by atoms with E-state index in [2.05, 4.69) is 0 Å². The highest BCUT2D eigenvalue weighted by Gasteiger charge is 2.35. The van der Waals surface area contributed by atoms with Crippen molar-refractivity contribution in [1.29, 1.82) is 0 Å². The molecule has 1 aromatic heterocycles. The van der Waals surface area contributed by atoms with Gasteiger partial charge in [0.15, 0.2) is 5.13 Å². The highest BCUT2D eigenvalue weighted by Crippen LogP contribution is 2.35. The molecule has 6 nitrogen and oxygen atoms in total. The number of nitrogens with zero attached hydrogens (tertiary/aromatic N) is 3. The zero-order valence-corrected chi connectivity index (χ0v) is 20.4. The Kier molecular flexibility index (Phi) is 6.65. The predicted molar refractivity (Wildman–Crippen MR) is 130 cm³/mol. The van der Waals surface area contributed by atoms with E-state index in [0.717, 1.165) is 16.7 Å². The number of amides is 1. The maximum Gasteiger partial charge on any atom is 0.237 e. The Bertz CT molecular complexity index is 1250. The normalized spacial score (nSPS) is 17.2. The molecule has 1 fully saturated rings. The molecule has 2 heterocycles. The van der Waals surface area contributed by atoms with E-state index in [1.807, 2.05) is 37.4 Å². The molecule has 1 unspecified atom stereocenters. The molecule has 4 rings (SSSR count). The molecule has 0 N–H and O–H groups in total. The number of carbonyl (C=O) groups is 1. The Morgan fingerprint density at radius 2 is 1.82 bits per heavy atom. The van der Waals surface area contributed by atoms with Crippen molar-refractivity contribution in [1.82, 2.24) is 9.29 Å². The summed E-state index contributed by atoms with van der Waals surface area (Å²) in [6.45, 7) is 4.53. The lowest BCUT2D eigenvalue weighted by Crippen LogP contribution is -2.45. The summed E-state index contributed by atoms with van der Waals surface area (Å²) in [5.74, 6) is -0.963. The second-order valence-electron chi connectivity index (χ2n) is 8.50. The van der Waals surface area contributed by atoms with Gasteiger partial charge in [-0.2, -0.15) is 0 Å². The molecule has 0 radical (unpaired) electrons. The fraction of sp³-hybridized carbons (Fsp3) is 0.333. The van der Waals surface area contributed by atoms with Gasteiger partial charge in [-0.15, -0.1) is 11.3 Å². The molecule has 174 valence electrons. The van der Waals surface area contributed by atoms with Crippen molar-refractivity contribution in [3.05, 3.63) is 64.8 Å². The summed E-state index contributed by atoms with van der Waals surface area (Å²) < 4.78 is 38.9. The Morgan fingerprint density at radius 3 is 2.45 bits per heavy atom. The number of sulfonamides is 1. The number of hydrogen-bond donors (Lipinski definition) is 0. The summed E-state index contributed by atoms with van der Waals surface area (Å²) in [5, 5.41) is 2.34. The fourth-order valence-electron chi connectivity index (χ4n) is 4.16. The van der Waals surface area contributed by atoms with E-state index in [-0.39, 0.29) is 18.3 Å². The average molecular weight is 488 g/mol. The van der Waals surface area contributed by atoms with Crippen LogP contribution in [0.5, 0.6) is 0 Å². The lowest BCUT2D eigenvalue weighted by Gasteiger charge is -2.33. The second-order valence-corrected chi connectivity index (χ2v) is 11.3. The summed E-state index contributed by atoms with van der Waals surface area (Å²) in [4.78, 5) is 20.1. The molecule has 0 aliphatic carbocycles. The van der Waals surface area contributed by atoms with Crippen LogP contribution in [0.25, 0.3) is 11.3 Å². The molecule has 0 saturated carbocycles. The van der Waals surface area contributed by atoms with Gasteiger partial charge in [-0.05, 0) is 74.2 Å². The first-order chi connectivity index (χ1) is 15.6. The first-order valence-electron chi connectivity index (χ1n) is 10.7. The molecule has 33 heavy (non-hydrogen) atoms. The maximum atomic E-state index is 13.8. The van der Waals surface area contributed by atoms with E-state index in [1.54, 1.807) is 17.0 Å². The minimum atomic E-state index is -3.38. The van der Waals surface area contributed by atoms with E-state index in [9.17, 15) is 17.6 Å². The standard InChI is InChI=1S/C24H26FN3O3S2/c1-16-11-17(2)13-21(12-16)28(23(29)19-5-4-10-27(14-19)33(3,30)31)24-26-22(15-32-24)18-6-8-20(25)9-7-18/h6-9,11-13,15,19H,4-5,10,14H2,1-3H3. The van der Waals surface area contributed by atoms with Crippen LogP contribution < -0.4 is 4.90 Å². The minimum absolute atomic E-state index is 0.162. The molecule has 9 heteroatoms. The predicted octanol–water partition coefficient (Wildman–Crippen LogP) is 4.90. The Labute approximate surface area is 197 Å². The summed E-state index contributed by atoms with van der Waals surface area (Å²) in [7, 11) is -3.38. The van der Waals surface area contributed by atoms with Crippen molar-refractivity contribution in [3.63, 3.8) is 0 Å². The third kappa shape index (κ3) is 5.31. The quantitative estimate of drug-likeness (QED) is 0.513. The lowest BCUT2D eigenvalue weighted by molar-refractivity contribution is -0.122. The summed E-state index contributed by atoms with van der Waals surface area (Å²) in [5.41, 5.74) is 4.14. The Balaban J connectivity index is 1.73. The largest absolute Gasteiger partial charge is 0.274 e. The van der Waals surface area contributed by atoms with Crippen molar-refractivity contribution in [2.75, 3.05) is 24.2 Å². The molecule has 1 atom stereocenters. The van der Waals surface area contributed by atoms with E-state index in [0.29, 0.717) is 35.9 Å². The molecule has 0 spiro atoms. The number of aromatic nitrogens is 1.